The zero-order valence-corrected chi connectivity index (χ0v) is 9.70. The summed E-state index contributed by atoms with van der Waals surface area (Å²) in [6.07, 6.45) is 0. The molecular formula is C9H7Cl2N3O2. The number of aliphatic carboxylic acids is 1. The maximum atomic E-state index is 10.8. The van der Waals surface area contributed by atoms with Crippen molar-refractivity contribution in [1.29, 1.82) is 0 Å². The largest absolute Gasteiger partial charge is 0.480 e. The number of nitrogens with zero attached hydrogens (tertiary/aromatic N) is 3. The van der Waals surface area contributed by atoms with Crippen molar-refractivity contribution in [2.24, 2.45) is 0 Å². The normalized spacial score (nSPS) is 12.9. The zero-order valence-electron chi connectivity index (χ0n) is 8.19. The van der Waals surface area contributed by atoms with Crippen molar-refractivity contribution >= 4 is 40.2 Å². The number of hydrogen-bond acceptors (Lipinski definition) is 3. The van der Waals surface area contributed by atoms with Crippen LogP contribution < -0.4 is 0 Å². The minimum atomic E-state index is -1.00. The van der Waals surface area contributed by atoms with Gasteiger partial charge in [-0.15, -0.1) is 0 Å². The van der Waals surface area contributed by atoms with E-state index in [-0.39, 0.29) is 0 Å². The average molecular weight is 260 g/mol. The van der Waals surface area contributed by atoms with Crippen LogP contribution in [0.1, 0.15) is 13.0 Å². The number of rotatable bonds is 2. The molecule has 1 N–H and O–H groups in total. The van der Waals surface area contributed by atoms with Gasteiger partial charge in [-0.1, -0.05) is 23.2 Å². The monoisotopic (exact) mass is 259 g/mol. The summed E-state index contributed by atoms with van der Waals surface area (Å²) in [6.45, 7) is 1.49. The third kappa shape index (κ3) is 1.83. The average Bonchev–Trinajstić information content (AvgIpc) is 2.60. The Hall–Kier alpha value is -1.33. The van der Waals surface area contributed by atoms with Crippen LogP contribution in [0, 0.1) is 0 Å². The van der Waals surface area contributed by atoms with Crippen molar-refractivity contribution in [1.82, 2.24) is 15.0 Å². The van der Waals surface area contributed by atoms with Gasteiger partial charge in [0.25, 0.3) is 0 Å². The zero-order chi connectivity index (χ0) is 11.9. The Morgan fingerprint density at radius 1 is 1.31 bits per heavy atom. The molecule has 0 spiro atoms. The first-order valence-electron chi connectivity index (χ1n) is 4.43. The summed E-state index contributed by atoms with van der Waals surface area (Å²) >= 11 is 11.6. The van der Waals surface area contributed by atoms with E-state index in [1.807, 2.05) is 0 Å². The maximum Gasteiger partial charge on any atom is 0.330 e. The molecule has 0 saturated heterocycles. The van der Waals surface area contributed by atoms with Crippen LogP contribution >= 0.6 is 23.2 Å². The summed E-state index contributed by atoms with van der Waals surface area (Å²) in [6, 6.07) is 2.28. The Kier molecular flexibility index (Phi) is 2.73. The Morgan fingerprint density at radius 2 is 1.75 bits per heavy atom. The molecular weight excluding hydrogens is 253 g/mol. The second-order valence-electron chi connectivity index (χ2n) is 3.29. The number of carbonyl (C=O) groups is 1. The molecule has 2 rings (SSSR count). The molecule has 0 aliphatic carbocycles. The van der Waals surface area contributed by atoms with Gasteiger partial charge in [-0.05, 0) is 19.1 Å². The molecule has 0 radical (unpaired) electrons. The molecule has 1 aromatic carbocycles. The van der Waals surface area contributed by atoms with Crippen LogP contribution in [0.25, 0.3) is 11.0 Å². The van der Waals surface area contributed by atoms with E-state index in [4.69, 9.17) is 28.3 Å². The fourth-order valence-electron chi connectivity index (χ4n) is 1.20. The summed E-state index contributed by atoms with van der Waals surface area (Å²) in [7, 11) is 0. The Labute approximate surface area is 101 Å². The standard InChI is InChI=1S/C9H7Cl2N3O2/c1-4(9(15)16)14-12-7-2-5(10)6(11)3-8(7)13-14/h2-4H,1H3,(H,15,16). The van der Waals surface area contributed by atoms with Crippen LogP contribution in [-0.4, -0.2) is 26.1 Å². The fraction of sp³-hybridized carbons (Fsp3) is 0.222. The van der Waals surface area contributed by atoms with E-state index in [2.05, 4.69) is 10.2 Å². The van der Waals surface area contributed by atoms with Crippen molar-refractivity contribution in [3.05, 3.63) is 22.2 Å². The summed E-state index contributed by atoms with van der Waals surface area (Å²) in [5.41, 5.74) is 1.03. The molecule has 0 aliphatic heterocycles. The predicted octanol–water partition coefficient (Wildman–Crippen LogP) is 2.38. The lowest BCUT2D eigenvalue weighted by atomic mass is 10.3. The number of hydrogen-bond donors (Lipinski definition) is 1. The van der Waals surface area contributed by atoms with Gasteiger partial charge in [-0.3, -0.25) is 0 Å². The third-order valence-corrected chi connectivity index (χ3v) is 2.86. The second-order valence-corrected chi connectivity index (χ2v) is 4.10. The Balaban J connectivity index is 2.56. The van der Waals surface area contributed by atoms with Gasteiger partial charge in [0.15, 0.2) is 6.04 Å². The highest BCUT2D eigenvalue weighted by molar-refractivity contribution is 6.42. The molecule has 5 nitrogen and oxygen atoms in total. The minimum absolute atomic E-state index is 0.365. The molecule has 7 heteroatoms. The summed E-state index contributed by atoms with van der Waals surface area (Å²) in [5.74, 6) is -1.00. The van der Waals surface area contributed by atoms with Gasteiger partial charge in [0, 0.05) is 0 Å². The van der Waals surface area contributed by atoms with E-state index in [0.717, 1.165) is 4.80 Å². The summed E-state index contributed by atoms with van der Waals surface area (Å²) in [4.78, 5) is 11.9. The van der Waals surface area contributed by atoms with Crippen molar-refractivity contribution in [3.63, 3.8) is 0 Å². The minimum Gasteiger partial charge on any atom is -0.480 e. The van der Waals surface area contributed by atoms with Crippen LogP contribution in [0.15, 0.2) is 12.1 Å². The molecule has 0 fully saturated rings. The van der Waals surface area contributed by atoms with Crippen LogP contribution in [0.5, 0.6) is 0 Å². The van der Waals surface area contributed by atoms with E-state index in [9.17, 15) is 4.79 Å². The van der Waals surface area contributed by atoms with Crippen LogP contribution in [0.3, 0.4) is 0 Å². The van der Waals surface area contributed by atoms with E-state index < -0.39 is 12.0 Å². The molecule has 1 aromatic heterocycles. The molecule has 2 aromatic rings. The molecule has 1 unspecified atom stereocenters. The molecule has 0 amide bonds. The first-order valence-corrected chi connectivity index (χ1v) is 5.19. The van der Waals surface area contributed by atoms with Gasteiger partial charge in [0.2, 0.25) is 0 Å². The topological polar surface area (TPSA) is 68.0 Å². The van der Waals surface area contributed by atoms with E-state index in [1.54, 1.807) is 12.1 Å². The van der Waals surface area contributed by atoms with Gasteiger partial charge < -0.3 is 5.11 Å². The smallest absolute Gasteiger partial charge is 0.330 e. The van der Waals surface area contributed by atoms with E-state index >= 15 is 0 Å². The molecule has 1 heterocycles. The van der Waals surface area contributed by atoms with Gasteiger partial charge in [-0.2, -0.15) is 15.0 Å². The van der Waals surface area contributed by atoms with Crippen molar-refractivity contribution in [3.8, 4) is 0 Å². The number of carboxylic acid groups (broad SMARTS) is 1. The highest BCUT2D eigenvalue weighted by Gasteiger charge is 2.17. The maximum absolute atomic E-state index is 10.8. The van der Waals surface area contributed by atoms with Gasteiger partial charge in [0.1, 0.15) is 11.0 Å². The van der Waals surface area contributed by atoms with Crippen molar-refractivity contribution < 1.29 is 9.90 Å². The number of halogens is 2. The molecule has 0 bridgehead atoms. The second kappa shape index (κ2) is 3.92. The quantitative estimate of drug-likeness (QED) is 0.900. The Bertz CT molecular complexity index is 528. The summed E-state index contributed by atoms with van der Waals surface area (Å²) < 4.78 is 0. The molecule has 16 heavy (non-hydrogen) atoms. The lowest BCUT2D eigenvalue weighted by Crippen LogP contribution is -2.17. The molecule has 1 atom stereocenters. The van der Waals surface area contributed by atoms with Crippen molar-refractivity contribution in [2.75, 3.05) is 0 Å². The first-order chi connectivity index (χ1) is 7.49. The van der Waals surface area contributed by atoms with Crippen LogP contribution in [0.2, 0.25) is 10.0 Å². The van der Waals surface area contributed by atoms with Gasteiger partial charge in [-0.25, -0.2) is 4.79 Å². The van der Waals surface area contributed by atoms with Crippen molar-refractivity contribution in [2.45, 2.75) is 13.0 Å². The number of fused-ring (bicyclic) bond motifs is 1. The third-order valence-electron chi connectivity index (χ3n) is 2.14. The lowest BCUT2D eigenvalue weighted by Gasteiger charge is -2.02. The van der Waals surface area contributed by atoms with Gasteiger partial charge >= 0.3 is 5.97 Å². The van der Waals surface area contributed by atoms with E-state index in [0.29, 0.717) is 21.1 Å². The predicted molar refractivity (Wildman–Crippen MR) is 59.9 cm³/mol. The SMILES string of the molecule is CC(C(=O)O)n1nc2cc(Cl)c(Cl)cc2n1. The molecule has 0 saturated carbocycles. The summed E-state index contributed by atoms with van der Waals surface area (Å²) in [5, 5.41) is 17.6. The highest BCUT2D eigenvalue weighted by Crippen LogP contribution is 2.26. The van der Waals surface area contributed by atoms with Gasteiger partial charge in [0.05, 0.1) is 10.0 Å². The Morgan fingerprint density at radius 3 is 2.12 bits per heavy atom. The molecule has 84 valence electrons. The highest BCUT2D eigenvalue weighted by atomic mass is 35.5. The fourth-order valence-corrected chi connectivity index (χ4v) is 1.52. The first kappa shape index (κ1) is 11.2. The van der Waals surface area contributed by atoms with E-state index in [1.165, 1.54) is 6.92 Å². The molecule has 0 aliphatic rings. The van der Waals surface area contributed by atoms with Crippen LogP contribution in [0.4, 0.5) is 0 Å². The number of benzene rings is 1. The number of aromatic nitrogens is 3. The van der Waals surface area contributed by atoms with Crippen LogP contribution in [-0.2, 0) is 4.79 Å². The number of carboxylic acids is 1. The lowest BCUT2D eigenvalue weighted by molar-refractivity contribution is -0.140.